The van der Waals surface area contributed by atoms with E-state index in [1.54, 1.807) is 38.1 Å². The van der Waals surface area contributed by atoms with Crippen LogP contribution in [0.5, 0.6) is 5.75 Å². The molecule has 0 N–H and O–H groups in total. The van der Waals surface area contributed by atoms with E-state index in [0.29, 0.717) is 11.3 Å². The topological polar surface area (TPSA) is 61.8 Å². The van der Waals surface area contributed by atoms with Gasteiger partial charge in [0.25, 0.3) is 0 Å². The first-order valence-electron chi connectivity index (χ1n) is 5.53. The van der Waals surface area contributed by atoms with E-state index in [-0.39, 0.29) is 12.7 Å². The van der Waals surface area contributed by atoms with E-state index in [9.17, 15) is 9.59 Å². The Balaban J connectivity index is 2.49. The minimum atomic E-state index is -0.429. The van der Waals surface area contributed by atoms with Gasteiger partial charge in [-0.15, -0.1) is 0 Å². The van der Waals surface area contributed by atoms with Crippen LogP contribution in [0.2, 0.25) is 0 Å². The van der Waals surface area contributed by atoms with Crippen molar-refractivity contribution in [3.8, 4) is 5.75 Å². The molecule has 98 valence electrons. The summed E-state index contributed by atoms with van der Waals surface area (Å²) in [4.78, 5) is 22.4. The first kappa shape index (κ1) is 14.0. The van der Waals surface area contributed by atoms with Gasteiger partial charge in [0.2, 0.25) is 0 Å². The lowest BCUT2D eigenvalue weighted by atomic mass is 10.2. The molecule has 0 spiro atoms. The Labute approximate surface area is 106 Å². The molecular formula is C13H16O5. The number of esters is 2. The molecule has 0 unspecified atom stereocenters. The van der Waals surface area contributed by atoms with E-state index in [2.05, 4.69) is 4.74 Å². The molecule has 0 aliphatic heterocycles. The highest BCUT2D eigenvalue weighted by Gasteiger charge is 2.08. The molecule has 1 aromatic rings. The van der Waals surface area contributed by atoms with Crippen molar-refractivity contribution < 1.29 is 23.8 Å². The van der Waals surface area contributed by atoms with E-state index < -0.39 is 11.9 Å². The fourth-order valence-corrected chi connectivity index (χ4v) is 1.24. The molecule has 0 bridgehead atoms. The maximum Gasteiger partial charge on any atom is 0.344 e. The van der Waals surface area contributed by atoms with Gasteiger partial charge in [-0.25, -0.2) is 9.59 Å². The molecule has 0 aliphatic rings. The SMILES string of the molecule is COC(=O)c1ccc(OCC(=O)OC(C)C)cc1. The van der Waals surface area contributed by atoms with E-state index in [1.807, 2.05) is 0 Å². The molecule has 0 aliphatic carbocycles. The summed E-state index contributed by atoms with van der Waals surface area (Å²) in [6, 6.07) is 6.31. The number of carbonyl (C=O) groups excluding carboxylic acids is 2. The Kier molecular flexibility index (Phi) is 5.17. The fraction of sp³-hybridized carbons (Fsp3) is 0.385. The zero-order valence-corrected chi connectivity index (χ0v) is 10.6. The summed E-state index contributed by atoms with van der Waals surface area (Å²) in [5, 5.41) is 0. The Morgan fingerprint density at radius 3 is 2.28 bits per heavy atom. The predicted molar refractivity (Wildman–Crippen MR) is 64.5 cm³/mol. The maximum absolute atomic E-state index is 11.2. The third-order valence-corrected chi connectivity index (χ3v) is 2.00. The number of carbonyl (C=O) groups is 2. The molecule has 0 saturated heterocycles. The summed E-state index contributed by atoms with van der Waals surface area (Å²) in [5.74, 6) is -0.355. The average molecular weight is 252 g/mol. The molecule has 0 aromatic heterocycles. The predicted octanol–water partition coefficient (Wildman–Crippen LogP) is 1.80. The van der Waals surface area contributed by atoms with Gasteiger partial charge in [0, 0.05) is 0 Å². The molecule has 0 amide bonds. The molecule has 0 saturated carbocycles. The van der Waals surface area contributed by atoms with Gasteiger partial charge in [-0.1, -0.05) is 0 Å². The minimum Gasteiger partial charge on any atom is -0.482 e. The first-order valence-corrected chi connectivity index (χ1v) is 5.53. The molecule has 1 rings (SSSR count). The average Bonchev–Trinajstić information content (AvgIpc) is 2.35. The fourth-order valence-electron chi connectivity index (χ4n) is 1.24. The van der Waals surface area contributed by atoms with Gasteiger partial charge in [0.15, 0.2) is 6.61 Å². The highest BCUT2D eigenvalue weighted by atomic mass is 16.6. The van der Waals surface area contributed by atoms with Crippen LogP contribution in [-0.4, -0.2) is 31.8 Å². The maximum atomic E-state index is 11.2. The summed E-state index contributed by atoms with van der Waals surface area (Å²) in [6.45, 7) is 3.38. The number of rotatable bonds is 5. The van der Waals surface area contributed by atoms with E-state index >= 15 is 0 Å². The van der Waals surface area contributed by atoms with Gasteiger partial charge in [-0.2, -0.15) is 0 Å². The van der Waals surface area contributed by atoms with Crippen LogP contribution in [0.1, 0.15) is 24.2 Å². The number of benzene rings is 1. The van der Waals surface area contributed by atoms with Crippen molar-refractivity contribution in [2.75, 3.05) is 13.7 Å². The molecule has 0 atom stereocenters. The molecular weight excluding hydrogens is 236 g/mol. The summed E-state index contributed by atoms with van der Waals surface area (Å²) < 4.78 is 14.7. The third-order valence-electron chi connectivity index (χ3n) is 2.00. The van der Waals surface area contributed by atoms with E-state index in [4.69, 9.17) is 9.47 Å². The minimum absolute atomic E-state index is 0.157. The van der Waals surface area contributed by atoms with Gasteiger partial charge in [0.05, 0.1) is 18.8 Å². The van der Waals surface area contributed by atoms with Crippen LogP contribution in [0.4, 0.5) is 0 Å². The molecule has 18 heavy (non-hydrogen) atoms. The van der Waals surface area contributed by atoms with Crippen molar-refractivity contribution in [2.24, 2.45) is 0 Å². The zero-order chi connectivity index (χ0) is 13.5. The zero-order valence-electron chi connectivity index (χ0n) is 10.6. The lowest BCUT2D eigenvalue weighted by Gasteiger charge is -2.09. The van der Waals surface area contributed by atoms with Crippen LogP contribution >= 0.6 is 0 Å². The Morgan fingerprint density at radius 1 is 1.17 bits per heavy atom. The van der Waals surface area contributed by atoms with E-state index in [0.717, 1.165) is 0 Å². The van der Waals surface area contributed by atoms with E-state index in [1.165, 1.54) is 7.11 Å². The number of hydrogen-bond acceptors (Lipinski definition) is 5. The van der Waals surface area contributed by atoms with Gasteiger partial charge in [0.1, 0.15) is 5.75 Å². The smallest absolute Gasteiger partial charge is 0.344 e. The van der Waals surface area contributed by atoms with Crippen molar-refractivity contribution in [1.82, 2.24) is 0 Å². The van der Waals surface area contributed by atoms with Crippen LogP contribution in [0.3, 0.4) is 0 Å². The summed E-state index contributed by atoms with van der Waals surface area (Å²) >= 11 is 0. The van der Waals surface area contributed by atoms with Crippen molar-refractivity contribution >= 4 is 11.9 Å². The Hall–Kier alpha value is -2.04. The third kappa shape index (κ3) is 4.45. The second-order valence-electron chi connectivity index (χ2n) is 3.84. The van der Waals surface area contributed by atoms with Crippen molar-refractivity contribution in [1.29, 1.82) is 0 Å². The summed E-state index contributed by atoms with van der Waals surface area (Å²) in [7, 11) is 1.31. The largest absolute Gasteiger partial charge is 0.482 e. The Bertz CT molecular complexity index is 408. The van der Waals surface area contributed by atoms with Crippen LogP contribution in [0.25, 0.3) is 0 Å². The highest BCUT2D eigenvalue weighted by Crippen LogP contribution is 2.12. The summed E-state index contributed by atoms with van der Waals surface area (Å²) in [5.41, 5.74) is 0.426. The number of hydrogen-bond donors (Lipinski definition) is 0. The molecule has 0 radical (unpaired) electrons. The number of methoxy groups -OCH3 is 1. The second kappa shape index (κ2) is 6.64. The first-order chi connectivity index (χ1) is 8.52. The van der Waals surface area contributed by atoms with Crippen LogP contribution in [0, 0.1) is 0 Å². The Morgan fingerprint density at radius 2 is 1.78 bits per heavy atom. The molecule has 0 fully saturated rings. The summed E-state index contributed by atoms with van der Waals surface area (Å²) in [6.07, 6.45) is -0.164. The van der Waals surface area contributed by atoms with Crippen molar-refractivity contribution in [2.45, 2.75) is 20.0 Å². The van der Waals surface area contributed by atoms with Crippen molar-refractivity contribution in [3.05, 3.63) is 29.8 Å². The van der Waals surface area contributed by atoms with Crippen molar-refractivity contribution in [3.63, 3.8) is 0 Å². The molecule has 0 heterocycles. The molecule has 5 heteroatoms. The van der Waals surface area contributed by atoms with Gasteiger partial charge in [-0.3, -0.25) is 0 Å². The monoisotopic (exact) mass is 252 g/mol. The van der Waals surface area contributed by atoms with Crippen LogP contribution in [0.15, 0.2) is 24.3 Å². The lowest BCUT2D eigenvalue weighted by Crippen LogP contribution is -2.18. The standard InChI is InChI=1S/C13H16O5/c1-9(2)18-12(14)8-17-11-6-4-10(5-7-11)13(15)16-3/h4-7,9H,8H2,1-3H3. The normalized spacial score (nSPS) is 10.0. The lowest BCUT2D eigenvalue weighted by molar-refractivity contribution is -0.149. The quantitative estimate of drug-likeness (QED) is 0.748. The van der Waals surface area contributed by atoms with Gasteiger partial charge in [-0.05, 0) is 38.1 Å². The number of ether oxygens (including phenoxy) is 3. The second-order valence-corrected chi connectivity index (χ2v) is 3.84. The molecule has 1 aromatic carbocycles. The van der Waals surface area contributed by atoms with Gasteiger partial charge < -0.3 is 14.2 Å². The van der Waals surface area contributed by atoms with Gasteiger partial charge >= 0.3 is 11.9 Å². The van der Waals surface area contributed by atoms with Crippen LogP contribution in [-0.2, 0) is 14.3 Å². The highest BCUT2D eigenvalue weighted by molar-refractivity contribution is 5.89. The van der Waals surface area contributed by atoms with Crippen LogP contribution < -0.4 is 4.74 Å². The molecule has 5 nitrogen and oxygen atoms in total.